The fourth-order valence-electron chi connectivity index (χ4n) is 3.11. The Morgan fingerprint density at radius 3 is 2.78 bits per heavy atom. The van der Waals surface area contributed by atoms with E-state index in [0.717, 1.165) is 36.3 Å². The van der Waals surface area contributed by atoms with Gasteiger partial charge in [0.25, 0.3) is 5.91 Å². The molecule has 2 aromatic carbocycles. The van der Waals surface area contributed by atoms with Crippen molar-refractivity contribution < 1.29 is 13.9 Å². The molecule has 2 aromatic heterocycles. The Morgan fingerprint density at radius 2 is 2.00 bits per heavy atom. The maximum atomic E-state index is 14.8. The summed E-state index contributed by atoms with van der Waals surface area (Å²) in [6, 6.07) is 11.1. The van der Waals surface area contributed by atoms with Gasteiger partial charge in [0.05, 0.1) is 9.92 Å². The average Bonchev–Trinajstić information content (AvgIpc) is 3.40. The standard InChI is InChI=1S/C24H20Cl2FN5O2S2/c1-2-3-7-29-23(33)19-9-14(6-8-28-19)16-10-15(25)4-5-20(16)34-21-12-18(27)22(11-17(21)26)35-32-24-30-13-31-36-24/h4-6,8-13H,2-3,7H2,1H3,(H,29,33)(H,30,31,32). The van der Waals surface area contributed by atoms with Crippen LogP contribution in [0.2, 0.25) is 10.0 Å². The fourth-order valence-corrected chi connectivity index (χ4v) is 4.69. The molecule has 0 unspecified atom stereocenters. The molecule has 1 amide bonds. The van der Waals surface area contributed by atoms with Crippen LogP contribution in [0.1, 0.15) is 30.3 Å². The largest absolute Gasteiger partial charge is 0.455 e. The first-order valence-corrected chi connectivity index (χ1v) is 13.2. The van der Waals surface area contributed by atoms with Gasteiger partial charge in [0.15, 0.2) is 0 Å². The Bertz CT molecular complexity index is 1360. The molecule has 4 aromatic rings. The van der Waals surface area contributed by atoms with Crippen molar-refractivity contribution in [1.29, 1.82) is 0 Å². The summed E-state index contributed by atoms with van der Waals surface area (Å²) in [5.41, 5.74) is 1.52. The normalized spacial score (nSPS) is 10.8. The number of amides is 1. The number of benzene rings is 2. The van der Waals surface area contributed by atoms with Crippen LogP contribution in [0.4, 0.5) is 9.52 Å². The van der Waals surface area contributed by atoms with E-state index in [9.17, 15) is 9.18 Å². The molecule has 7 nitrogen and oxygen atoms in total. The van der Waals surface area contributed by atoms with Crippen molar-refractivity contribution in [3.63, 3.8) is 0 Å². The summed E-state index contributed by atoms with van der Waals surface area (Å²) < 4.78 is 27.6. The number of ether oxygens (including phenoxy) is 1. The van der Waals surface area contributed by atoms with Gasteiger partial charge in [0.2, 0.25) is 5.13 Å². The zero-order chi connectivity index (χ0) is 25.5. The van der Waals surface area contributed by atoms with Crippen LogP contribution in [0.3, 0.4) is 0 Å². The maximum absolute atomic E-state index is 14.8. The van der Waals surface area contributed by atoms with E-state index in [1.54, 1.807) is 36.5 Å². The van der Waals surface area contributed by atoms with E-state index in [0.29, 0.717) is 33.6 Å². The topological polar surface area (TPSA) is 89.0 Å². The van der Waals surface area contributed by atoms with E-state index in [-0.39, 0.29) is 27.3 Å². The first kappa shape index (κ1) is 26.2. The SMILES string of the molecule is CCCCNC(=O)c1cc(-c2cc(Cl)ccc2Oc2cc(F)c(SNc3ncns3)cc2Cl)ccn1. The van der Waals surface area contributed by atoms with Crippen LogP contribution in [0.15, 0.2) is 59.9 Å². The van der Waals surface area contributed by atoms with E-state index in [1.165, 1.54) is 18.5 Å². The Balaban J connectivity index is 1.58. The number of carbonyl (C=O) groups is 1. The predicted molar refractivity (Wildman–Crippen MR) is 143 cm³/mol. The average molecular weight is 564 g/mol. The third-order valence-electron chi connectivity index (χ3n) is 4.88. The van der Waals surface area contributed by atoms with Gasteiger partial charge in [-0.15, -0.1) is 0 Å². The maximum Gasteiger partial charge on any atom is 0.269 e. The van der Waals surface area contributed by atoms with Gasteiger partial charge >= 0.3 is 0 Å². The number of nitrogens with zero attached hydrogens (tertiary/aromatic N) is 3. The zero-order valence-electron chi connectivity index (χ0n) is 18.9. The monoisotopic (exact) mass is 563 g/mol. The molecule has 0 radical (unpaired) electrons. The molecule has 0 spiro atoms. The summed E-state index contributed by atoms with van der Waals surface area (Å²) >= 11 is 14.9. The fraction of sp³-hybridized carbons (Fsp3) is 0.167. The Morgan fingerprint density at radius 1 is 1.14 bits per heavy atom. The third-order valence-corrected chi connectivity index (χ3v) is 6.94. The number of nitrogens with one attached hydrogen (secondary N) is 2. The van der Waals surface area contributed by atoms with Gasteiger partial charge in [-0.05, 0) is 60.3 Å². The van der Waals surface area contributed by atoms with Crippen molar-refractivity contribution in [2.24, 2.45) is 0 Å². The minimum atomic E-state index is -0.526. The molecule has 4 rings (SSSR count). The first-order chi connectivity index (χ1) is 17.4. The molecule has 0 aliphatic carbocycles. The molecule has 0 saturated heterocycles. The van der Waals surface area contributed by atoms with Crippen LogP contribution in [0.5, 0.6) is 11.5 Å². The number of carbonyl (C=O) groups excluding carboxylic acids is 1. The van der Waals surface area contributed by atoms with Crippen LogP contribution >= 0.6 is 46.7 Å². The van der Waals surface area contributed by atoms with Gasteiger partial charge in [-0.2, -0.15) is 4.37 Å². The number of aromatic nitrogens is 3. The minimum absolute atomic E-state index is 0.129. The summed E-state index contributed by atoms with van der Waals surface area (Å²) in [7, 11) is 0. The summed E-state index contributed by atoms with van der Waals surface area (Å²) in [5, 5.41) is 4.07. The number of unbranched alkanes of at least 4 members (excludes halogenated alkanes) is 1. The number of rotatable bonds is 10. The van der Waals surface area contributed by atoms with Crippen LogP contribution < -0.4 is 14.8 Å². The van der Waals surface area contributed by atoms with Crippen molar-refractivity contribution >= 4 is 57.7 Å². The third kappa shape index (κ3) is 6.64. The lowest BCUT2D eigenvalue weighted by atomic mass is 10.0. The highest BCUT2D eigenvalue weighted by Gasteiger charge is 2.16. The molecule has 0 bridgehead atoms. The summed E-state index contributed by atoms with van der Waals surface area (Å²) in [4.78, 5) is 20.9. The number of halogens is 3. The lowest BCUT2D eigenvalue weighted by Crippen LogP contribution is -2.25. The Kier molecular flexibility index (Phi) is 8.98. The van der Waals surface area contributed by atoms with Gasteiger partial charge in [0.1, 0.15) is 29.3 Å². The van der Waals surface area contributed by atoms with Gasteiger partial charge in [-0.25, -0.2) is 9.37 Å². The molecule has 12 heteroatoms. The van der Waals surface area contributed by atoms with E-state index < -0.39 is 5.82 Å². The number of anilines is 1. The molecule has 2 heterocycles. The van der Waals surface area contributed by atoms with Crippen molar-refractivity contribution in [2.75, 3.05) is 11.3 Å². The van der Waals surface area contributed by atoms with E-state index in [1.807, 2.05) is 6.92 Å². The van der Waals surface area contributed by atoms with Gasteiger partial charge in [-0.1, -0.05) is 36.5 Å². The molecule has 0 aliphatic rings. The highest BCUT2D eigenvalue weighted by atomic mass is 35.5. The Hall–Kier alpha value is -2.92. The quantitative estimate of drug-likeness (QED) is 0.152. The minimum Gasteiger partial charge on any atom is -0.455 e. The van der Waals surface area contributed by atoms with Crippen LogP contribution in [0.25, 0.3) is 11.1 Å². The lowest BCUT2D eigenvalue weighted by Gasteiger charge is -2.15. The second-order valence-electron chi connectivity index (χ2n) is 7.45. The summed E-state index contributed by atoms with van der Waals surface area (Å²) in [6.07, 6.45) is 4.80. The number of hydrogen-bond acceptors (Lipinski definition) is 8. The van der Waals surface area contributed by atoms with Crippen LogP contribution in [-0.2, 0) is 0 Å². The molecule has 0 saturated carbocycles. The summed E-state index contributed by atoms with van der Waals surface area (Å²) in [5.74, 6) is -0.279. The molecule has 186 valence electrons. The van der Waals surface area contributed by atoms with Crippen molar-refractivity contribution in [3.8, 4) is 22.6 Å². The highest BCUT2D eigenvalue weighted by Crippen LogP contribution is 2.40. The summed E-state index contributed by atoms with van der Waals surface area (Å²) in [6.45, 7) is 2.62. The van der Waals surface area contributed by atoms with Gasteiger partial charge < -0.3 is 14.8 Å². The molecular weight excluding hydrogens is 544 g/mol. The van der Waals surface area contributed by atoms with E-state index in [4.69, 9.17) is 27.9 Å². The molecule has 0 fully saturated rings. The molecule has 0 aliphatic heterocycles. The second-order valence-corrected chi connectivity index (χ2v) is 9.92. The van der Waals surface area contributed by atoms with E-state index in [2.05, 4.69) is 24.4 Å². The zero-order valence-corrected chi connectivity index (χ0v) is 22.1. The Labute approximate surface area is 225 Å². The van der Waals surface area contributed by atoms with Crippen LogP contribution in [-0.4, -0.2) is 26.8 Å². The highest BCUT2D eigenvalue weighted by molar-refractivity contribution is 8.00. The van der Waals surface area contributed by atoms with Crippen molar-refractivity contribution in [3.05, 3.63) is 76.5 Å². The predicted octanol–water partition coefficient (Wildman–Crippen LogP) is 7.49. The molecule has 2 N–H and O–H groups in total. The molecular formula is C24H20Cl2FN5O2S2. The van der Waals surface area contributed by atoms with Gasteiger partial charge in [-0.3, -0.25) is 9.78 Å². The van der Waals surface area contributed by atoms with Crippen molar-refractivity contribution in [2.45, 2.75) is 24.7 Å². The second kappa shape index (κ2) is 12.4. The lowest BCUT2D eigenvalue weighted by molar-refractivity contribution is 0.0948. The van der Waals surface area contributed by atoms with Crippen molar-refractivity contribution in [1.82, 2.24) is 19.7 Å². The number of hydrogen-bond donors (Lipinski definition) is 2. The van der Waals surface area contributed by atoms with Crippen LogP contribution in [0, 0.1) is 5.82 Å². The van der Waals surface area contributed by atoms with Gasteiger partial charge in [0, 0.05) is 40.9 Å². The first-order valence-electron chi connectivity index (χ1n) is 10.8. The molecule has 36 heavy (non-hydrogen) atoms. The smallest absolute Gasteiger partial charge is 0.269 e. The molecule has 0 atom stereocenters. The van der Waals surface area contributed by atoms with E-state index >= 15 is 0 Å². The number of pyridine rings is 1.